The lowest BCUT2D eigenvalue weighted by molar-refractivity contribution is -0.135. The average molecular weight is 359 g/mol. The number of carbonyl (C=O) groups is 2. The normalized spacial score (nSPS) is 20.7. The van der Waals surface area contributed by atoms with E-state index in [1.807, 2.05) is 30.0 Å². The number of hydrogen-bond acceptors (Lipinski definition) is 3. The second kappa shape index (κ2) is 7.99. The summed E-state index contributed by atoms with van der Waals surface area (Å²) < 4.78 is 13.1. The summed E-state index contributed by atoms with van der Waals surface area (Å²) in [6.45, 7) is 3.19. The van der Waals surface area contributed by atoms with Crippen molar-refractivity contribution in [2.45, 2.75) is 12.8 Å². The molecule has 2 aliphatic rings. The standard InChI is InChI=1S/C20H26FN3O2/c1-22(2)11-12-24-14-17(13-19(24)25)20(26)23-9-7-16(8-10-23)15-3-5-18(21)6-4-15/h3-7,17H,8-14H2,1-2H3/t17-/m1/s1. The van der Waals surface area contributed by atoms with Gasteiger partial charge < -0.3 is 14.7 Å². The van der Waals surface area contributed by atoms with E-state index in [-0.39, 0.29) is 23.5 Å². The first-order valence-electron chi connectivity index (χ1n) is 9.10. The van der Waals surface area contributed by atoms with Crippen molar-refractivity contribution in [3.05, 3.63) is 41.7 Å². The second-order valence-corrected chi connectivity index (χ2v) is 7.31. The van der Waals surface area contributed by atoms with Gasteiger partial charge in [0, 0.05) is 39.1 Å². The molecule has 1 aromatic rings. The lowest BCUT2D eigenvalue weighted by Gasteiger charge is -2.29. The number of likely N-dealkylation sites (tertiary alicyclic amines) is 1. The number of rotatable bonds is 5. The van der Waals surface area contributed by atoms with E-state index in [2.05, 4.69) is 0 Å². The van der Waals surface area contributed by atoms with Crippen molar-refractivity contribution < 1.29 is 14.0 Å². The maximum atomic E-state index is 13.1. The molecular weight excluding hydrogens is 333 g/mol. The van der Waals surface area contributed by atoms with Crippen molar-refractivity contribution in [3.63, 3.8) is 0 Å². The van der Waals surface area contributed by atoms with E-state index >= 15 is 0 Å². The van der Waals surface area contributed by atoms with Gasteiger partial charge in [0.2, 0.25) is 11.8 Å². The van der Waals surface area contributed by atoms with E-state index in [9.17, 15) is 14.0 Å². The fraction of sp³-hybridized carbons (Fsp3) is 0.500. The van der Waals surface area contributed by atoms with Crippen molar-refractivity contribution in [2.75, 3.05) is 46.8 Å². The van der Waals surface area contributed by atoms with Crippen molar-refractivity contribution in [1.29, 1.82) is 0 Å². The average Bonchev–Trinajstić information content (AvgIpc) is 3.01. The van der Waals surface area contributed by atoms with E-state index in [1.165, 1.54) is 12.1 Å². The molecule has 0 unspecified atom stereocenters. The first-order chi connectivity index (χ1) is 12.4. The Hall–Kier alpha value is -2.21. The lowest BCUT2D eigenvalue weighted by Crippen LogP contribution is -2.40. The Morgan fingerprint density at radius 1 is 1.27 bits per heavy atom. The largest absolute Gasteiger partial charge is 0.341 e. The molecule has 0 aliphatic carbocycles. The lowest BCUT2D eigenvalue weighted by atomic mass is 9.98. The van der Waals surface area contributed by atoms with Crippen molar-refractivity contribution in [2.24, 2.45) is 5.92 Å². The summed E-state index contributed by atoms with van der Waals surface area (Å²) in [6.07, 6.45) is 3.11. The first kappa shape index (κ1) is 18.6. The third kappa shape index (κ3) is 4.30. The molecule has 5 nitrogen and oxygen atoms in total. The Kier molecular flexibility index (Phi) is 5.71. The minimum absolute atomic E-state index is 0.0695. The van der Waals surface area contributed by atoms with Gasteiger partial charge in [-0.25, -0.2) is 4.39 Å². The Morgan fingerprint density at radius 2 is 2.00 bits per heavy atom. The summed E-state index contributed by atoms with van der Waals surface area (Å²) in [6, 6.07) is 6.47. The quantitative estimate of drug-likeness (QED) is 0.806. The summed E-state index contributed by atoms with van der Waals surface area (Å²) in [5.41, 5.74) is 2.15. The van der Waals surface area contributed by atoms with E-state index < -0.39 is 0 Å². The third-order valence-corrected chi connectivity index (χ3v) is 5.12. The van der Waals surface area contributed by atoms with Gasteiger partial charge in [-0.1, -0.05) is 18.2 Å². The Morgan fingerprint density at radius 3 is 2.62 bits per heavy atom. The predicted octanol–water partition coefficient (Wildman–Crippen LogP) is 1.85. The molecule has 1 fully saturated rings. The first-order valence-corrected chi connectivity index (χ1v) is 9.10. The Balaban J connectivity index is 1.56. The summed E-state index contributed by atoms with van der Waals surface area (Å²) in [7, 11) is 3.95. The van der Waals surface area contributed by atoms with Crippen molar-refractivity contribution in [3.8, 4) is 0 Å². The van der Waals surface area contributed by atoms with Gasteiger partial charge in [-0.15, -0.1) is 0 Å². The van der Waals surface area contributed by atoms with Crippen LogP contribution >= 0.6 is 0 Å². The van der Waals surface area contributed by atoms with Crippen LogP contribution in [0.3, 0.4) is 0 Å². The highest BCUT2D eigenvalue weighted by Gasteiger charge is 2.36. The Bertz CT molecular complexity index is 700. The van der Waals surface area contributed by atoms with Crippen LogP contribution in [0.5, 0.6) is 0 Å². The van der Waals surface area contributed by atoms with Crippen LogP contribution in [-0.4, -0.2) is 73.3 Å². The fourth-order valence-electron chi connectivity index (χ4n) is 3.53. The molecule has 2 aliphatic heterocycles. The van der Waals surface area contributed by atoms with Gasteiger partial charge in [-0.3, -0.25) is 9.59 Å². The monoisotopic (exact) mass is 359 g/mol. The summed E-state index contributed by atoms with van der Waals surface area (Å²) in [5, 5.41) is 0. The van der Waals surface area contributed by atoms with E-state index in [0.717, 1.165) is 24.1 Å². The number of amides is 2. The number of hydrogen-bond donors (Lipinski definition) is 0. The van der Waals surface area contributed by atoms with Gasteiger partial charge >= 0.3 is 0 Å². The van der Waals surface area contributed by atoms with Crippen molar-refractivity contribution in [1.82, 2.24) is 14.7 Å². The molecule has 3 rings (SSSR count). The second-order valence-electron chi connectivity index (χ2n) is 7.31. The molecule has 0 N–H and O–H groups in total. The molecule has 6 heteroatoms. The smallest absolute Gasteiger partial charge is 0.228 e. The fourth-order valence-corrected chi connectivity index (χ4v) is 3.53. The molecule has 2 amide bonds. The molecule has 2 heterocycles. The Labute approximate surface area is 154 Å². The summed E-state index contributed by atoms with van der Waals surface area (Å²) >= 11 is 0. The molecule has 1 aromatic carbocycles. The van der Waals surface area contributed by atoms with Gasteiger partial charge in [0.15, 0.2) is 0 Å². The maximum Gasteiger partial charge on any atom is 0.228 e. The molecule has 26 heavy (non-hydrogen) atoms. The zero-order valence-corrected chi connectivity index (χ0v) is 15.4. The van der Waals surface area contributed by atoms with Crippen LogP contribution in [0.2, 0.25) is 0 Å². The zero-order valence-electron chi connectivity index (χ0n) is 15.4. The summed E-state index contributed by atoms with van der Waals surface area (Å²) in [4.78, 5) is 30.6. The third-order valence-electron chi connectivity index (χ3n) is 5.12. The number of nitrogens with zero attached hydrogens (tertiary/aromatic N) is 3. The molecule has 140 valence electrons. The van der Waals surface area contributed by atoms with Gasteiger partial charge in [0.05, 0.1) is 5.92 Å². The highest BCUT2D eigenvalue weighted by Crippen LogP contribution is 2.25. The summed E-state index contributed by atoms with van der Waals surface area (Å²) in [5.74, 6) is -0.331. The molecule has 0 bridgehead atoms. The number of carbonyl (C=O) groups excluding carboxylic acids is 2. The van der Waals surface area contributed by atoms with Crippen LogP contribution in [0, 0.1) is 11.7 Å². The van der Waals surface area contributed by atoms with Crippen LogP contribution in [0.25, 0.3) is 5.57 Å². The molecule has 0 saturated carbocycles. The van der Waals surface area contributed by atoms with E-state index in [0.29, 0.717) is 32.6 Å². The van der Waals surface area contributed by atoms with Crippen LogP contribution in [0.15, 0.2) is 30.3 Å². The minimum atomic E-state index is -0.244. The maximum absolute atomic E-state index is 13.1. The highest BCUT2D eigenvalue weighted by atomic mass is 19.1. The van der Waals surface area contributed by atoms with Gasteiger partial charge in [0.1, 0.15) is 5.82 Å². The molecule has 1 saturated heterocycles. The minimum Gasteiger partial charge on any atom is -0.341 e. The van der Waals surface area contributed by atoms with Crippen molar-refractivity contribution >= 4 is 17.4 Å². The predicted molar refractivity (Wildman–Crippen MR) is 98.8 cm³/mol. The molecular formula is C20H26FN3O2. The number of benzene rings is 1. The molecule has 0 spiro atoms. The molecule has 0 aromatic heterocycles. The highest BCUT2D eigenvalue weighted by molar-refractivity contribution is 5.89. The number of likely N-dealkylation sites (N-methyl/N-ethyl adjacent to an activating group) is 1. The van der Waals surface area contributed by atoms with Gasteiger partial charge in [-0.05, 0) is 43.8 Å². The van der Waals surface area contributed by atoms with Gasteiger partial charge in [-0.2, -0.15) is 0 Å². The zero-order chi connectivity index (χ0) is 18.7. The van der Waals surface area contributed by atoms with Crippen LogP contribution in [0.4, 0.5) is 4.39 Å². The van der Waals surface area contributed by atoms with E-state index in [1.54, 1.807) is 17.0 Å². The van der Waals surface area contributed by atoms with Gasteiger partial charge in [0.25, 0.3) is 0 Å². The van der Waals surface area contributed by atoms with E-state index in [4.69, 9.17) is 0 Å². The SMILES string of the molecule is CN(C)CCN1C[C@H](C(=O)N2CC=C(c3ccc(F)cc3)CC2)CC1=O. The molecule has 1 atom stereocenters. The number of halogens is 1. The van der Waals surface area contributed by atoms with Crippen LogP contribution in [0.1, 0.15) is 18.4 Å². The van der Waals surface area contributed by atoms with Crippen LogP contribution in [-0.2, 0) is 9.59 Å². The topological polar surface area (TPSA) is 43.9 Å². The molecule has 0 radical (unpaired) electrons. The van der Waals surface area contributed by atoms with Crippen LogP contribution < -0.4 is 0 Å².